The summed E-state index contributed by atoms with van der Waals surface area (Å²) in [6.45, 7) is 6.70. The molecule has 0 saturated heterocycles. The number of nitrogens with two attached hydrogens (primary N) is 1. The topological polar surface area (TPSA) is 108 Å². The molecule has 40 heavy (non-hydrogen) atoms. The van der Waals surface area contributed by atoms with Crippen LogP contribution in [0.2, 0.25) is 0 Å². The zero-order valence-corrected chi connectivity index (χ0v) is 24.1. The van der Waals surface area contributed by atoms with E-state index in [1.165, 1.54) is 22.8 Å². The third kappa shape index (κ3) is 5.33. The molecule has 208 valence electrons. The number of amides is 1. The van der Waals surface area contributed by atoms with Gasteiger partial charge in [0.15, 0.2) is 4.67 Å². The largest absolute Gasteiger partial charge is 0.452 e. The number of furan rings is 2. The van der Waals surface area contributed by atoms with Gasteiger partial charge in [-0.3, -0.25) is 14.2 Å². The molecule has 0 fully saturated rings. The zero-order valence-electron chi connectivity index (χ0n) is 22.5. The number of aromatic nitrogens is 2. The molecule has 5 rings (SSSR count). The summed E-state index contributed by atoms with van der Waals surface area (Å²) in [4.78, 5) is 34.7. The summed E-state index contributed by atoms with van der Waals surface area (Å²) in [5.74, 6) is 0.0458. The summed E-state index contributed by atoms with van der Waals surface area (Å²) in [6, 6.07) is 14.3. The van der Waals surface area contributed by atoms with Crippen LogP contribution in [0.3, 0.4) is 0 Å². The van der Waals surface area contributed by atoms with E-state index in [9.17, 15) is 14.0 Å². The second-order valence-electron chi connectivity index (χ2n) is 10.2. The zero-order chi connectivity index (χ0) is 28.6. The maximum Gasteiger partial charge on any atom is 0.297 e. The molecule has 8 nitrogen and oxygen atoms in total. The molecular weight excluding hydrogens is 579 g/mol. The van der Waals surface area contributed by atoms with Crippen molar-refractivity contribution in [2.75, 3.05) is 13.1 Å². The molecule has 2 N–H and O–H groups in total. The van der Waals surface area contributed by atoms with Gasteiger partial charge in [0.1, 0.15) is 28.5 Å². The molecule has 1 amide bonds. The number of halogens is 2. The number of rotatable bonds is 9. The van der Waals surface area contributed by atoms with Crippen LogP contribution in [-0.4, -0.2) is 33.4 Å². The predicted octanol–water partition coefficient (Wildman–Crippen LogP) is 6.18. The fraction of sp³-hybridized carbons (Fsp3) is 0.300. The lowest BCUT2D eigenvalue weighted by molar-refractivity contribution is 0.0602. The smallest absolute Gasteiger partial charge is 0.297 e. The fourth-order valence-electron chi connectivity index (χ4n) is 4.97. The van der Waals surface area contributed by atoms with Gasteiger partial charge in [-0.2, -0.15) is 0 Å². The summed E-state index contributed by atoms with van der Waals surface area (Å²) in [5.41, 5.74) is 7.59. The van der Waals surface area contributed by atoms with Crippen LogP contribution in [-0.2, 0) is 6.54 Å². The lowest BCUT2D eigenvalue weighted by Crippen LogP contribution is -2.42. The standard InChI is InChI=1S/C30H30BrFN4O4/c1-17(2)26(35(14-4-13-33)29(37)19-7-5-18(3)6-8-19)28-34-25-22-15-20(32)9-11-23(22)40-27(25)30(38)36(28)16-21-10-12-24(31)39-21/h5-12,15,17,26H,4,13-14,16,33H2,1-3H3/t26-/m1/s1. The molecule has 0 unspecified atom stereocenters. The van der Waals surface area contributed by atoms with Gasteiger partial charge in [0, 0.05) is 17.5 Å². The fourth-order valence-corrected chi connectivity index (χ4v) is 5.31. The predicted molar refractivity (Wildman–Crippen MR) is 155 cm³/mol. The summed E-state index contributed by atoms with van der Waals surface area (Å²) in [7, 11) is 0. The van der Waals surface area contributed by atoms with Crippen molar-refractivity contribution in [2.45, 2.75) is 39.8 Å². The summed E-state index contributed by atoms with van der Waals surface area (Å²) >= 11 is 3.32. The molecule has 5 aromatic rings. The van der Waals surface area contributed by atoms with Crippen molar-refractivity contribution < 1.29 is 18.0 Å². The molecule has 0 radical (unpaired) electrons. The Morgan fingerprint density at radius 1 is 1.12 bits per heavy atom. The minimum absolute atomic E-state index is 0.0100. The average Bonchev–Trinajstić information content (AvgIpc) is 3.50. The highest BCUT2D eigenvalue weighted by molar-refractivity contribution is 9.10. The molecule has 0 aliphatic carbocycles. The monoisotopic (exact) mass is 608 g/mol. The van der Waals surface area contributed by atoms with Crippen molar-refractivity contribution in [1.29, 1.82) is 0 Å². The van der Waals surface area contributed by atoms with Gasteiger partial charge in [-0.1, -0.05) is 31.5 Å². The van der Waals surface area contributed by atoms with Crippen molar-refractivity contribution in [2.24, 2.45) is 11.7 Å². The van der Waals surface area contributed by atoms with Crippen molar-refractivity contribution >= 4 is 43.9 Å². The molecule has 10 heteroatoms. The second-order valence-corrected chi connectivity index (χ2v) is 11.0. The third-order valence-corrected chi connectivity index (χ3v) is 7.33. The van der Waals surface area contributed by atoms with Gasteiger partial charge in [0.05, 0.1) is 12.6 Å². The first-order chi connectivity index (χ1) is 19.2. The lowest BCUT2D eigenvalue weighted by atomic mass is 9.99. The van der Waals surface area contributed by atoms with Crippen molar-refractivity contribution in [3.05, 3.63) is 98.1 Å². The quantitative estimate of drug-likeness (QED) is 0.214. The summed E-state index contributed by atoms with van der Waals surface area (Å²) in [5, 5.41) is 0.391. The van der Waals surface area contributed by atoms with Crippen LogP contribution < -0.4 is 11.3 Å². The van der Waals surface area contributed by atoms with E-state index in [1.54, 1.807) is 29.2 Å². The Bertz CT molecular complexity index is 1740. The number of carbonyl (C=O) groups excluding carboxylic acids is 1. The lowest BCUT2D eigenvalue weighted by Gasteiger charge is -2.35. The van der Waals surface area contributed by atoms with Crippen LogP contribution >= 0.6 is 15.9 Å². The molecule has 0 bridgehead atoms. The van der Waals surface area contributed by atoms with Crippen LogP contribution in [0.25, 0.3) is 22.1 Å². The van der Waals surface area contributed by atoms with Gasteiger partial charge in [-0.15, -0.1) is 0 Å². The van der Waals surface area contributed by atoms with E-state index < -0.39 is 17.4 Å². The number of hydrogen-bond donors (Lipinski definition) is 1. The van der Waals surface area contributed by atoms with Gasteiger partial charge in [-0.25, -0.2) is 9.37 Å². The highest BCUT2D eigenvalue weighted by Gasteiger charge is 2.33. The summed E-state index contributed by atoms with van der Waals surface area (Å²) in [6.07, 6.45) is 0.554. The average molecular weight is 609 g/mol. The number of fused-ring (bicyclic) bond motifs is 3. The SMILES string of the molecule is Cc1ccc(C(=O)N(CCCN)[C@@H](c2nc3c(oc4ccc(F)cc43)c(=O)n2Cc2ccc(Br)o2)C(C)C)cc1. The Hall–Kier alpha value is -3.76. The first-order valence-electron chi connectivity index (χ1n) is 13.1. The van der Waals surface area contributed by atoms with Crippen LogP contribution in [0.4, 0.5) is 4.39 Å². The molecule has 2 aromatic carbocycles. The molecule has 3 heterocycles. The van der Waals surface area contributed by atoms with Gasteiger partial charge >= 0.3 is 0 Å². The second kappa shape index (κ2) is 11.4. The highest BCUT2D eigenvalue weighted by atomic mass is 79.9. The van der Waals surface area contributed by atoms with E-state index in [-0.39, 0.29) is 29.5 Å². The van der Waals surface area contributed by atoms with E-state index in [0.29, 0.717) is 52.3 Å². The minimum atomic E-state index is -0.616. The number of carbonyl (C=O) groups is 1. The van der Waals surface area contributed by atoms with Gasteiger partial charge in [0.2, 0.25) is 5.58 Å². The molecule has 3 aromatic heterocycles. The van der Waals surface area contributed by atoms with Gasteiger partial charge in [-0.05, 0) is 84.2 Å². The number of aryl methyl sites for hydroxylation is 1. The summed E-state index contributed by atoms with van der Waals surface area (Å²) < 4.78 is 27.9. The number of nitrogens with zero attached hydrogens (tertiary/aromatic N) is 3. The first-order valence-corrected chi connectivity index (χ1v) is 13.9. The van der Waals surface area contributed by atoms with Crippen LogP contribution in [0.5, 0.6) is 0 Å². The molecule has 0 spiro atoms. The van der Waals surface area contributed by atoms with Crippen LogP contribution in [0.1, 0.15) is 53.8 Å². The van der Waals surface area contributed by atoms with Crippen molar-refractivity contribution in [1.82, 2.24) is 14.5 Å². The maximum atomic E-state index is 14.3. The Labute approximate surface area is 238 Å². The molecule has 0 aliphatic rings. The normalized spacial score (nSPS) is 12.5. The van der Waals surface area contributed by atoms with Gasteiger partial charge < -0.3 is 19.5 Å². The Balaban J connectivity index is 1.76. The highest BCUT2D eigenvalue weighted by Crippen LogP contribution is 2.33. The molecular formula is C30H30BrFN4O4. The molecule has 0 aliphatic heterocycles. The third-order valence-electron chi connectivity index (χ3n) is 6.90. The Kier molecular flexibility index (Phi) is 7.91. The Morgan fingerprint density at radius 2 is 1.88 bits per heavy atom. The van der Waals surface area contributed by atoms with E-state index in [1.807, 2.05) is 32.9 Å². The van der Waals surface area contributed by atoms with Gasteiger partial charge in [0.25, 0.3) is 11.5 Å². The Morgan fingerprint density at radius 3 is 2.52 bits per heavy atom. The first kappa shape index (κ1) is 27.8. The number of benzene rings is 2. The van der Waals surface area contributed by atoms with E-state index in [0.717, 1.165) is 5.56 Å². The van der Waals surface area contributed by atoms with E-state index >= 15 is 0 Å². The number of hydrogen-bond acceptors (Lipinski definition) is 6. The maximum absolute atomic E-state index is 14.3. The van der Waals surface area contributed by atoms with Crippen LogP contribution in [0.15, 0.2) is 72.9 Å². The molecule has 0 saturated carbocycles. The minimum Gasteiger partial charge on any atom is -0.452 e. The van der Waals surface area contributed by atoms with Crippen molar-refractivity contribution in [3.8, 4) is 0 Å². The van der Waals surface area contributed by atoms with E-state index in [2.05, 4.69) is 15.9 Å². The van der Waals surface area contributed by atoms with Crippen LogP contribution in [0, 0.1) is 18.7 Å². The van der Waals surface area contributed by atoms with Crippen molar-refractivity contribution in [3.63, 3.8) is 0 Å². The van der Waals surface area contributed by atoms with E-state index in [4.69, 9.17) is 19.6 Å². The molecule has 1 atom stereocenters.